The average molecular weight is 152 g/mol. The van der Waals surface area contributed by atoms with Crippen molar-refractivity contribution in [3.8, 4) is 0 Å². The van der Waals surface area contributed by atoms with Gasteiger partial charge in [0.2, 0.25) is 0 Å². The highest BCUT2D eigenvalue weighted by molar-refractivity contribution is 6.52. The fraction of sp³-hybridized carbons (Fsp3) is 0.571. The number of aromatic nitrogens is 2. The van der Waals surface area contributed by atoms with Crippen LogP contribution in [0.3, 0.4) is 0 Å². The second-order valence-electron chi connectivity index (χ2n) is 2.39. The van der Waals surface area contributed by atoms with Crippen LogP contribution in [-0.2, 0) is 0 Å². The summed E-state index contributed by atoms with van der Waals surface area (Å²) in [5.74, 6) is 0. The third kappa shape index (κ3) is 1.99. The van der Waals surface area contributed by atoms with Crippen molar-refractivity contribution >= 4 is 15.0 Å². The van der Waals surface area contributed by atoms with Gasteiger partial charge < -0.3 is 4.98 Å². The van der Waals surface area contributed by atoms with Gasteiger partial charge in [-0.2, -0.15) is 0 Å². The molecule has 1 aromatic rings. The van der Waals surface area contributed by atoms with E-state index in [-0.39, 0.29) is 0 Å². The number of hydrogen-bond donors (Lipinski definition) is 1. The molecule has 0 aliphatic rings. The van der Waals surface area contributed by atoms with Gasteiger partial charge in [0.15, 0.2) is 0 Å². The van der Waals surface area contributed by atoms with Crippen LogP contribution in [0.25, 0.3) is 0 Å². The van der Waals surface area contributed by atoms with Gasteiger partial charge in [0.1, 0.15) is 9.52 Å². The number of hydrogen-bond acceptors (Lipinski definition) is 1. The number of imidazole rings is 1. The fourth-order valence-electron chi connectivity index (χ4n) is 0.680. The molecule has 1 atom stereocenters. The van der Waals surface area contributed by atoms with Gasteiger partial charge in [0.05, 0.1) is 5.45 Å². The van der Waals surface area contributed by atoms with Crippen LogP contribution >= 0.6 is 0 Å². The highest BCUT2D eigenvalue weighted by Crippen LogP contribution is 2.03. The molecule has 0 spiro atoms. The molecule has 1 unspecified atom stereocenters. The van der Waals surface area contributed by atoms with E-state index < -0.39 is 0 Å². The van der Waals surface area contributed by atoms with Crippen molar-refractivity contribution in [2.45, 2.75) is 25.8 Å². The van der Waals surface area contributed by atoms with Crippen molar-refractivity contribution in [2.75, 3.05) is 0 Å². The topological polar surface area (TPSA) is 28.7 Å². The Kier molecular flexibility index (Phi) is 2.68. The van der Waals surface area contributed by atoms with E-state index in [0.29, 0.717) is 0 Å². The molecule has 1 rings (SSSR count). The predicted octanol–water partition coefficient (Wildman–Crippen LogP) is 0.958. The summed E-state index contributed by atoms with van der Waals surface area (Å²) in [7, 11) is 0.836. The summed E-state index contributed by atoms with van der Waals surface area (Å²) >= 11 is 0. The zero-order valence-electron chi connectivity index (χ0n) is 6.39. The van der Waals surface area contributed by atoms with E-state index in [4.69, 9.17) is 0 Å². The van der Waals surface area contributed by atoms with Crippen molar-refractivity contribution in [1.29, 1.82) is 0 Å². The van der Waals surface area contributed by atoms with Gasteiger partial charge in [-0.25, -0.2) is 4.98 Å². The lowest BCUT2D eigenvalue weighted by Crippen LogP contribution is -2.21. The number of H-pyrrole nitrogens is 1. The lowest BCUT2D eigenvalue weighted by molar-refractivity contribution is 0.872. The molecule has 3 heteroatoms. The van der Waals surface area contributed by atoms with Gasteiger partial charge in [0.25, 0.3) is 0 Å². The van der Waals surface area contributed by atoms with Crippen LogP contribution < -0.4 is 5.45 Å². The molecule has 1 heterocycles. The molecule has 0 fully saturated rings. The van der Waals surface area contributed by atoms with Crippen molar-refractivity contribution < 1.29 is 0 Å². The van der Waals surface area contributed by atoms with Gasteiger partial charge in [-0.05, 0) is 5.54 Å². The zero-order valence-corrected chi connectivity index (χ0v) is 7.39. The third-order valence-corrected chi connectivity index (χ3v) is 2.94. The molecule has 0 amide bonds. The Balaban J connectivity index is 2.40. The second kappa shape index (κ2) is 3.56. The number of nitrogens with zero attached hydrogens (tertiary/aromatic N) is 1. The van der Waals surface area contributed by atoms with Crippen LogP contribution in [0, 0.1) is 0 Å². The first-order chi connectivity index (χ1) is 4.83. The van der Waals surface area contributed by atoms with Crippen LogP contribution in [0.4, 0.5) is 0 Å². The van der Waals surface area contributed by atoms with E-state index in [0.717, 1.165) is 20.5 Å². The monoisotopic (exact) mass is 152 g/mol. The largest absolute Gasteiger partial charge is 0.353 e. The molecule has 0 saturated carbocycles. The van der Waals surface area contributed by atoms with Crippen LogP contribution in [0.2, 0.25) is 5.54 Å². The molecule has 1 N–H and O–H groups in total. The van der Waals surface area contributed by atoms with E-state index in [1.807, 2.05) is 12.4 Å². The van der Waals surface area contributed by atoms with E-state index in [1.54, 1.807) is 0 Å². The first-order valence-corrected chi connectivity index (χ1v) is 4.66. The minimum absolute atomic E-state index is 0.770. The Bertz CT molecular complexity index is 172. The maximum Gasteiger partial charge on any atom is 0.135 e. The van der Waals surface area contributed by atoms with E-state index in [9.17, 15) is 0 Å². The number of nitrogens with one attached hydrogen (secondary N) is 1. The Morgan fingerprint density at radius 2 is 2.60 bits per heavy atom. The Hall–Kier alpha value is -0.573. The van der Waals surface area contributed by atoms with E-state index in [2.05, 4.69) is 23.8 Å². The molecule has 0 saturated heterocycles. The SMILES string of the molecule is CCC(C)[Si]c1ncc[nH]1. The maximum absolute atomic E-state index is 4.16. The molecule has 0 aliphatic carbocycles. The molecule has 2 radical (unpaired) electrons. The van der Waals surface area contributed by atoms with Gasteiger partial charge in [0, 0.05) is 12.4 Å². The molecule has 10 heavy (non-hydrogen) atoms. The van der Waals surface area contributed by atoms with Gasteiger partial charge in [-0.3, -0.25) is 0 Å². The summed E-state index contributed by atoms with van der Waals surface area (Å²) in [5.41, 5.74) is 1.90. The normalized spacial score (nSPS) is 13.4. The maximum atomic E-state index is 4.16. The quantitative estimate of drug-likeness (QED) is 0.642. The second-order valence-corrected chi connectivity index (χ2v) is 4.14. The van der Waals surface area contributed by atoms with Gasteiger partial charge >= 0.3 is 0 Å². The molecule has 0 aliphatic heterocycles. The zero-order chi connectivity index (χ0) is 7.40. The predicted molar refractivity (Wildman–Crippen MR) is 43.7 cm³/mol. The summed E-state index contributed by atoms with van der Waals surface area (Å²) < 4.78 is 0. The first kappa shape index (κ1) is 7.53. The van der Waals surface area contributed by atoms with Crippen molar-refractivity contribution in [3.05, 3.63) is 12.4 Å². The average Bonchev–Trinajstić information content (AvgIpc) is 2.40. The van der Waals surface area contributed by atoms with Crippen molar-refractivity contribution in [3.63, 3.8) is 0 Å². The number of aromatic amines is 1. The molecule has 2 nitrogen and oxygen atoms in total. The lowest BCUT2D eigenvalue weighted by atomic mass is 10.4. The minimum Gasteiger partial charge on any atom is -0.353 e. The summed E-state index contributed by atoms with van der Waals surface area (Å²) in [5, 5.41) is 0. The highest BCUT2D eigenvalue weighted by Gasteiger charge is 2.03. The Morgan fingerprint density at radius 1 is 1.80 bits per heavy atom. The molecule has 0 aromatic carbocycles. The Morgan fingerprint density at radius 3 is 3.10 bits per heavy atom. The van der Waals surface area contributed by atoms with Crippen molar-refractivity contribution in [1.82, 2.24) is 9.97 Å². The molecule has 1 aromatic heterocycles. The molecular formula is C7H12N2Si. The van der Waals surface area contributed by atoms with Crippen LogP contribution in [-0.4, -0.2) is 19.5 Å². The Labute approximate surface area is 63.9 Å². The fourth-order valence-corrected chi connectivity index (χ4v) is 1.67. The lowest BCUT2D eigenvalue weighted by Gasteiger charge is -2.01. The first-order valence-electron chi connectivity index (χ1n) is 3.59. The highest BCUT2D eigenvalue weighted by atomic mass is 28.2. The summed E-state index contributed by atoms with van der Waals surface area (Å²) in [6.07, 6.45) is 4.93. The van der Waals surface area contributed by atoms with Gasteiger partial charge in [-0.15, -0.1) is 0 Å². The summed E-state index contributed by atoms with van der Waals surface area (Å²) in [6.45, 7) is 4.46. The van der Waals surface area contributed by atoms with Crippen molar-refractivity contribution in [2.24, 2.45) is 0 Å². The molecular weight excluding hydrogens is 140 g/mol. The van der Waals surface area contributed by atoms with Gasteiger partial charge in [-0.1, -0.05) is 20.3 Å². The minimum atomic E-state index is 0.770. The summed E-state index contributed by atoms with van der Waals surface area (Å²) in [6, 6.07) is 0. The van der Waals surface area contributed by atoms with E-state index in [1.165, 1.54) is 6.42 Å². The van der Waals surface area contributed by atoms with Crippen LogP contribution in [0.1, 0.15) is 20.3 Å². The summed E-state index contributed by atoms with van der Waals surface area (Å²) in [4.78, 5) is 7.26. The van der Waals surface area contributed by atoms with Crippen LogP contribution in [0.15, 0.2) is 12.4 Å². The number of rotatable bonds is 3. The third-order valence-electron chi connectivity index (χ3n) is 1.49. The van der Waals surface area contributed by atoms with E-state index >= 15 is 0 Å². The smallest absolute Gasteiger partial charge is 0.135 e. The molecule has 54 valence electrons. The van der Waals surface area contributed by atoms with Crippen LogP contribution in [0.5, 0.6) is 0 Å². The standard InChI is InChI=1S/C7H12N2Si/c1-3-6(2)10-7-8-4-5-9-7/h4-6H,3H2,1-2H3,(H,8,9). The molecule has 0 bridgehead atoms.